The Kier molecular flexibility index (Phi) is 5.49. The molecule has 1 rings (SSSR count). The van der Waals surface area contributed by atoms with E-state index in [1.54, 1.807) is 0 Å². The molecular formula is C12H26N2. The molecule has 0 aliphatic heterocycles. The zero-order valence-corrected chi connectivity index (χ0v) is 10.1. The molecule has 2 heteroatoms. The topological polar surface area (TPSA) is 15.3 Å². The fraction of sp³-hybridized carbons (Fsp3) is 1.00. The van der Waals surface area contributed by atoms with Gasteiger partial charge in [-0.2, -0.15) is 0 Å². The van der Waals surface area contributed by atoms with Gasteiger partial charge in [0.2, 0.25) is 0 Å². The van der Waals surface area contributed by atoms with E-state index in [9.17, 15) is 0 Å². The first-order valence-electron chi connectivity index (χ1n) is 6.06. The van der Waals surface area contributed by atoms with Crippen molar-refractivity contribution in [3.63, 3.8) is 0 Å². The summed E-state index contributed by atoms with van der Waals surface area (Å²) in [6, 6.07) is 0.813. The van der Waals surface area contributed by atoms with E-state index >= 15 is 0 Å². The predicted molar refractivity (Wildman–Crippen MR) is 62.6 cm³/mol. The SMILES string of the molecule is CN(C)CCCN[C@H]1CC[C@H](C)CC1. The molecule has 1 saturated carbocycles. The highest BCUT2D eigenvalue weighted by Gasteiger charge is 2.16. The van der Waals surface area contributed by atoms with Crippen molar-refractivity contribution in [3.05, 3.63) is 0 Å². The van der Waals surface area contributed by atoms with Crippen LogP contribution < -0.4 is 5.32 Å². The molecule has 1 aliphatic carbocycles. The Bertz CT molecular complexity index is 137. The summed E-state index contributed by atoms with van der Waals surface area (Å²) in [4.78, 5) is 2.25. The van der Waals surface area contributed by atoms with E-state index < -0.39 is 0 Å². The second-order valence-electron chi connectivity index (χ2n) is 5.07. The maximum Gasteiger partial charge on any atom is 0.00672 e. The summed E-state index contributed by atoms with van der Waals surface area (Å²) < 4.78 is 0. The lowest BCUT2D eigenvalue weighted by atomic mass is 9.87. The minimum absolute atomic E-state index is 0.813. The number of nitrogens with zero attached hydrogens (tertiary/aromatic N) is 1. The summed E-state index contributed by atoms with van der Waals surface area (Å²) in [6.45, 7) is 4.77. The lowest BCUT2D eigenvalue weighted by Crippen LogP contribution is -2.34. The van der Waals surface area contributed by atoms with Gasteiger partial charge in [-0.15, -0.1) is 0 Å². The molecule has 0 amide bonds. The van der Waals surface area contributed by atoms with Gasteiger partial charge in [0, 0.05) is 6.04 Å². The van der Waals surface area contributed by atoms with Crippen LogP contribution in [0.5, 0.6) is 0 Å². The average Bonchev–Trinajstić information content (AvgIpc) is 2.15. The van der Waals surface area contributed by atoms with Crippen molar-refractivity contribution >= 4 is 0 Å². The Morgan fingerprint density at radius 3 is 2.36 bits per heavy atom. The van der Waals surface area contributed by atoms with Crippen molar-refractivity contribution in [2.45, 2.75) is 45.1 Å². The second-order valence-corrected chi connectivity index (χ2v) is 5.07. The largest absolute Gasteiger partial charge is 0.314 e. The molecule has 1 fully saturated rings. The summed E-state index contributed by atoms with van der Waals surface area (Å²) in [6.07, 6.45) is 6.90. The lowest BCUT2D eigenvalue weighted by Gasteiger charge is -2.27. The number of hydrogen-bond acceptors (Lipinski definition) is 2. The van der Waals surface area contributed by atoms with Crippen molar-refractivity contribution < 1.29 is 0 Å². The smallest absolute Gasteiger partial charge is 0.00672 e. The molecule has 0 saturated heterocycles. The van der Waals surface area contributed by atoms with Crippen molar-refractivity contribution in [1.29, 1.82) is 0 Å². The van der Waals surface area contributed by atoms with E-state index in [-0.39, 0.29) is 0 Å². The Morgan fingerprint density at radius 2 is 1.79 bits per heavy atom. The van der Waals surface area contributed by atoms with Gasteiger partial charge in [-0.1, -0.05) is 6.92 Å². The predicted octanol–water partition coefficient (Wildman–Crippen LogP) is 2.11. The zero-order chi connectivity index (χ0) is 10.4. The summed E-state index contributed by atoms with van der Waals surface area (Å²) in [7, 11) is 4.28. The maximum absolute atomic E-state index is 3.67. The molecule has 1 aliphatic rings. The van der Waals surface area contributed by atoms with Gasteiger partial charge >= 0.3 is 0 Å². The Morgan fingerprint density at radius 1 is 1.14 bits per heavy atom. The molecule has 2 nitrogen and oxygen atoms in total. The van der Waals surface area contributed by atoms with Crippen LogP contribution in [-0.2, 0) is 0 Å². The molecule has 0 unspecified atom stereocenters. The Labute approximate surface area is 89.1 Å². The van der Waals surface area contributed by atoms with Crippen LogP contribution >= 0.6 is 0 Å². The quantitative estimate of drug-likeness (QED) is 0.681. The van der Waals surface area contributed by atoms with E-state index in [1.165, 1.54) is 45.2 Å². The molecule has 0 aromatic heterocycles. The highest BCUT2D eigenvalue weighted by Crippen LogP contribution is 2.23. The normalized spacial score (nSPS) is 28.3. The minimum atomic E-state index is 0.813. The maximum atomic E-state index is 3.67. The molecule has 0 aromatic rings. The van der Waals surface area contributed by atoms with Crippen LogP contribution in [0.1, 0.15) is 39.0 Å². The van der Waals surface area contributed by atoms with Gasteiger partial charge in [-0.3, -0.25) is 0 Å². The van der Waals surface area contributed by atoms with E-state index in [0.29, 0.717) is 0 Å². The Hall–Kier alpha value is -0.0800. The van der Waals surface area contributed by atoms with Gasteiger partial charge in [-0.05, 0) is 65.2 Å². The second kappa shape index (κ2) is 6.41. The third kappa shape index (κ3) is 4.97. The van der Waals surface area contributed by atoms with Gasteiger partial charge in [0.25, 0.3) is 0 Å². The van der Waals surface area contributed by atoms with Gasteiger partial charge in [0.15, 0.2) is 0 Å². The van der Waals surface area contributed by atoms with Crippen molar-refractivity contribution in [2.75, 3.05) is 27.2 Å². The van der Waals surface area contributed by atoms with Crippen molar-refractivity contribution in [3.8, 4) is 0 Å². The molecule has 0 heterocycles. The van der Waals surface area contributed by atoms with Gasteiger partial charge in [0.1, 0.15) is 0 Å². The van der Waals surface area contributed by atoms with Gasteiger partial charge in [0.05, 0.1) is 0 Å². The molecule has 0 aromatic carbocycles. The van der Waals surface area contributed by atoms with Crippen LogP contribution in [0.2, 0.25) is 0 Å². The molecule has 84 valence electrons. The summed E-state index contributed by atoms with van der Waals surface area (Å²) in [5.74, 6) is 0.967. The molecule has 0 spiro atoms. The fourth-order valence-electron chi connectivity index (χ4n) is 2.17. The average molecular weight is 198 g/mol. The number of nitrogens with one attached hydrogen (secondary N) is 1. The van der Waals surface area contributed by atoms with Crippen LogP contribution in [0.3, 0.4) is 0 Å². The number of rotatable bonds is 5. The fourth-order valence-corrected chi connectivity index (χ4v) is 2.17. The van der Waals surface area contributed by atoms with Crippen molar-refractivity contribution in [2.24, 2.45) is 5.92 Å². The molecule has 1 N–H and O–H groups in total. The first kappa shape index (κ1) is 12.0. The molecular weight excluding hydrogens is 172 g/mol. The van der Waals surface area contributed by atoms with E-state index in [1.807, 2.05) is 0 Å². The summed E-state index contributed by atoms with van der Waals surface area (Å²) >= 11 is 0. The standard InChI is InChI=1S/C12H26N2/c1-11-5-7-12(8-6-11)13-9-4-10-14(2)3/h11-13H,4-10H2,1-3H3/t11-,12-. The highest BCUT2D eigenvalue weighted by atomic mass is 15.1. The van der Waals surface area contributed by atoms with Crippen molar-refractivity contribution in [1.82, 2.24) is 10.2 Å². The number of hydrogen-bond donors (Lipinski definition) is 1. The third-order valence-electron chi connectivity index (χ3n) is 3.23. The third-order valence-corrected chi connectivity index (χ3v) is 3.23. The summed E-state index contributed by atoms with van der Waals surface area (Å²) in [5.41, 5.74) is 0. The van der Waals surface area contributed by atoms with Crippen LogP contribution in [-0.4, -0.2) is 38.1 Å². The van der Waals surface area contributed by atoms with Crippen LogP contribution in [0.25, 0.3) is 0 Å². The van der Waals surface area contributed by atoms with Crippen LogP contribution in [0, 0.1) is 5.92 Å². The van der Waals surface area contributed by atoms with E-state index in [0.717, 1.165) is 12.0 Å². The van der Waals surface area contributed by atoms with Crippen LogP contribution in [0.4, 0.5) is 0 Å². The van der Waals surface area contributed by atoms with Gasteiger partial charge in [-0.25, -0.2) is 0 Å². The van der Waals surface area contributed by atoms with E-state index in [2.05, 4.69) is 31.2 Å². The van der Waals surface area contributed by atoms with E-state index in [4.69, 9.17) is 0 Å². The minimum Gasteiger partial charge on any atom is -0.314 e. The molecule has 14 heavy (non-hydrogen) atoms. The molecule has 0 bridgehead atoms. The molecule has 0 radical (unpaired) electrons. The first-order chi connectivity index (χ1) is 6.68. The zero-order valence-electron chi connectivity index (χ0n) is 10.1. The van der Waals surface area contributed by atoms with Gasteiger partial charge < -0.3 is 10.2 Å². The summed E-state index contributed by atoms with van der Waals surface area (Å²) in [5, 5.41) is 3.67. The Balaban J connectivity index is 1.96. The lowest BCUT2D eigenvalue weighted by molar-refractivity contribution is 0.301. The van der Waals surface area contributed by atoms with Crippen LogP contribution in [0.15, 0.2) is 0 Å². The highest BCUT2D eigenvalue weighted by molar-refractivity contribution is 4.75. The first-order valence-corrected chi connectivity index (χ1v) is 6.06. The monoisotopic (exact) mass is 198 g/mol. The molecule has 0 atom stereocenters.